The molecule has 0 aliphatic rings. The minimum absolute atomic E-state index is 0.0310. The van der Waals surface area contributed by atoms with Gasteiger partial charge in [0.15, 0.2) is 6.10 Å². The predicted octanol–water partition coefficient (Wildman–Crippen LogP) is 3.33. The molecule has 0 saturated carbocycles. The van der Waals surface area contributed by atoms with Crippen molar-refractivity contribution in [3.63, 3.8) is 0 Å². The van der Waals surface area contributed by atoms with Crippen LogP contribution in [0.1, 0.15) is 24.0 Å². The summed E-state index contributed by atoms with van der Waals surface area (Å²) in [6, 6.07) is 1.99. The minimum atomic E-state index is -0.911. The van der Waals surface area contributed by atoms with Crippen molar-refractivity contribution in [1.82, 2.24) is 14.8 Å². The average Bonchev–Trinajstić information content (AvgIpc) is 3.33. The second-order valence-corrected chi connectivity index (χ2v) is 7.76. The highest BCUT2D eigenvalue weighted by molar-refractivity contribution is 7.14. The number of ether oxygens (including phenoxy) is 1. The number of nitrogens with zero attached hydrogens (tertiary/aromatic N) is 3. The van der Waals surface area contributed by atoms with Crippen LogP contribution in [-0.2, 0) is 27.8 Å². The number of anilines is 1. The topological polar surface area (TPSA) is 86.1 Å². The van der Waals surface area contributed by atoms with Gasteiger partial charge in [-0.05, 0) is 32.2 Å². The van der Waals surface area contributed by atoms with Crippen molar-refractivity contribution in [3.05, 3.63) is 39.3 Å². The van der Waals surface area contributed by atoms with E-state index < -0.39 is 12.1 Å². The van der Waals surface area contributed by atoms with Crippen molar-refractivity contribution < 1.29 is 14.3 Å². The fourth-order valence-electron chi connectivity index (χ4n) is 2.53. The van der Waals surface area contributed by atoms with E-state index in [1.807, 2.05) is 36.1 Å². The van der Waals surface area contributed by atoms with Crippen molar-refractivity contribution in [2.75, 3.05) is 5.32 Å². The highest BCUT2D eigenvalue weighted by atomic mass is 32.1. The van der Waals surface area contributed by atoms with Crippen molar-refractivity contribution >= 4 is 40.2 Å². The van der Waals surface area contributed by atoms with E-state index in [9.17, 15) is 9.59 Å². The van der Waals surface area contributed by atoms with Crippen LogP contribution in [0.3, 0.4) is 0 Å². The van der Waals surface area contributed by atoms with E-state index in [1.54, 1.807) is 30.0 Å². The number of rotatable bonds is 6. The molecular formula is C18H20N4O3S2. The van der Waals surface area contributed by atoms with Gasteiger partial charge in [-0.25, -0.2) is 4.98 Å². The van der Waals surface area contributed by atoms with Crippen LogP contribution in [-0.4, -0.2) is 32.7 Å². The summed E-state index contributed by atoms with van der Waals surface area (Å²) in [5.74, 6) is -0.876. The van der Waals surface area contributed by atoms with Gasteiger partial charge >= 0.3 is 5.97 Å². The van der Waals surface area contributed by atoms with Crippen LogP contribution >= 0.6 is 22.7 Å². The number of thiazole rings is 1. The van der Waals surface area contributed by atoms with Gasteiger partial charge in [-0.3, -0.25) is 14.3 Å². The van der Waals surface area contributed by atoms with Gasteiger partial charge in [-0.1, -0.05) is 0 Å². The molecular weight excluding hydrogens is 384 g/mol. The lowest BCUT2D eigenvalue weighted by Crippen LogP contribution is -2.30. The molecule has 0 radical (unpaired) electrons. The summed E-state index contributed by atoms with van der Waals surface area (Å²) in [5.41, 5.74) is 3.87. The van der Waals surface area contributed by atoms with Crippen LogP contribution in [0.25, 0.3) is 10.6 Å². The standard InChI is InChI=1S/C18H20N4O3S2/c1-10-16(11(2)22(4)21-10)20-17(24)12(3)25-15(23)7-14-9-27-18(19-14)13-5-6-26-8-13/h5-6,8-9,12H,7H2,1-4H3,(H,20,24)/t12-/m0/s1. The summed E-state index contributed by atoms with van der Waals surface area (Å²) in [4.78, 5) is 28.9. The molecule has 1 atom stereocenters. The molecule has 27 heavy (non-hydrogen) atoms. The van der Waals surface area contributed by atoms with Crippen molar-refractivity contribution in [2.45, 2.75) is 33.3 Å². The molecule has 0 aromatic carbocycles. The van der Waals surface area contributed by atoms with Gasteiger partial charge < -0.3 is 10.1 Å². The fraction of sp³-hybridized carbons (Fsp3) is 0.333. The molecule has 0 aliphatic heterocycles. The van der Waals surface area contributed by atoms with Gasteiger partial charge in [0.2, 0.25) is 0 Å². The lowest BCUT2D eigenvalue weighted by atomic mass is 10.3. The number of aryl methyl sites for hydroxylation is 2. The van der Waals surface area contributed by atoms with E-state index in [0.29, 0.717) is 17.1 Å². The van der Waals surface area contributed by atoms with Crippen LogP contribution in [0.4, 0.5) is 5.69 Å². The smallest absolute Gasteiger partial charge is 0.312 e. The van der Waals surface area contributed by atoms with Crippen molar-refractivity contribution in [2.24, 2.45) is 7.05 Å². The highest BCUT2D eigenvalue weighted by Gasteiger charge is 2.21. The lowest BCUT2D eigenvalue weighted by molar-refractivity contribution is -0.152. The Morgan fingerprint density at radius 3 is 2.74 bits per heavy atom. The maximum absolute atomic E-state index is 12.3. The van der Waals surface area contributed by atoms with Crippen LogP contribution in [0.5, 0.6) is 0 Å². The molecule has 0 bridgehead atoms. The first-order valence-corrected chi connectivity index (χ1v) is 10.1. The molecule has 9 heteroatoms. The summed E-state index contributed by atoms with van der Waals surface area (Å²) >= 11 is 3.08. The predicted molar refractivity (Wildman–Crippen MR) is 106 cm³/mol. The molecule has 1 amide bonds. The Bertz CT molecular complexity index is 960. The summed E-state index contributed by atoms with van der Waals surface area (Å²) < 4.78 is 6.95. The monoisotopic (exact) mass is 404 g/mol. The number of hydrogen-bond acceptors (Lipinski definition) is 7. The molecule has 3 rings (SSSR count). The molecule has 3 heterocycles. The zero-order valence-electron chi connectivity index (χ0n) is 15.5. The van der Waals surface area contributed by atoms with Crippen LogP contribution in [0, 0.1) is 13.8 Å². The Morgan fingerprint density at radius 2 is 2.11 bits per heavy atom. The van der Waals surface area contributed by atoms with E-state index in [0.717, 1.165) is 16.3 Å². The first kappa shape index (κ1) is 19.2. The van der Waals surface area contributed by atoms with Gasteiger partial charge in [0.05, 0.1) is 29.2 Å². The molecule has 7 nitrogen and oxygen atoms in total. The fourth-order valence-corrected chi connectivity index (χ4v) is 4.06. The molecule has 0 spiro atoms. The Balaban J connectivity index is 1.56. The van der Waals surface area contributed by atoms with Crippen LogP contribution in [0.2, 0.25) is 0 Å². The largest absolute Gasteiger partial charge is 0.452 e. The third-order valence-corrected chi connectivity index (χ3v) is 5.70. The van der Waals surface area contributed by atoms with Gasteiger partial charge in [0.1, 0.15) is 5.01 Å². The zero-order chi connectivity index (χ0) is 19.6. The molecule has 0 saturated heterocycles. The molecule has 142 valence electrons. The number of carbonyl (C=O) groups excluding carboxylic acids is 2. The number of nitrogens with one attached hydrogen (secondary N) is 1. The van der Waals surface area contributed by atoms with E-state index in [2.05, 4.69) is 15.4 Å². The Labute approximate surface area is 165 Å². The normalized spacial score (nSPS) is 12.0. The van der Waals surface area contributed by atoms with E-state index >= 15 is 0 Å². The van der Waals surface area contributed by atoms with E-state index in [4.69, 9.17) is 4.74 Å². The first-order valence-electron chi connectivity index (χ1n) is 8.32. The molecule has 1 N–H and O–H groups in total. The Morgan fingerprint density at radius 1 is 1.33 bits per heavy atom. The number of amides is 1. The van der Waals surface area contributed by atoms with Crippen LogP contribution < -0.4 is 5.32 Å². The average molecular weight is 405 g/mol. The number of carbonyl (C=O) groups is 2. The number of aromatic nitrogens is 3. The van der Waals surface area contributed by atoms with Crippen LogP contribution in [0.15, 0.2) is 22.2 Å². The second kappa shape index (κ2) is 8.01. The number of esters is 1. The van der Waals surface area contributed by atoms with E-state index in [-0.39, 0.29) is 12.3 Å². The summed E-state index contributed by atoms with van der Waals surface area (Å²) in [6.07, 6.45) is -0.880. The molecule has 3 aromatic rings. The summed E-state index contributed by atoms with van der Waals surface area (Å²) in [5, 5.41) is 13.7. The molecule has 0 aliphatic carbocycles. The maximum Gasteiger partial charge on any atom is 0.312 e. The third-order valence-electron chi connectivity index (χ3n) is 4.08. The van der Waals surface area contributed by atoms with E-state index in [1.165, 1.54) is 11.3 Å². The SMILES string of the molecule is Cc1nn(C)c(C)c1NC(=O)[C@H](C)OC(=O)Cc1csc(-c2ccsc2)n1. The zero-order valence-corrected chi connectivity index (χ0v) is 17.1. The Kier molecular flexibility index (Phi) is 5.71. The van der Waals surface area contributed by atoms with Crippen molar-refractivity contribution in [1.29, 1.82) is 0 Å². The Hall–Kier alpha value is -2.52. The van der Waals surface area contributed by atoms with Gasteiger partial charge in [0, 0.05) is 23.4 Å². The van der Waals surface area contributed by atoms with Gasteiger partial charge in [-0.15, -0.1) is 11.3 Å². The summed E-state index contributed by atoms with van der Waals surface area (Å²) in [6.45, 7) is 5.22. The van der Waals surface area contributed by atoms with Gasteiger partial charge in [-0.2, -0.15) is 16.4 Å². The maximum atomic E-state index is 12.3. The third kappa shape index (κ3) is 4.42. The lowest BCUT2D eigenvalue weighted by Gasteiger charge is -2.13. The second-order valence-electron chi connectivity index (χ2n) is 6.12. The quantitative estimate of drug-likeness (QED) is 0.637. The number of thiophene rings is 1. The molecule has 3 aromatic heterocycles. The molecule has 0 unspecified atom stereocenters. The number of hydrogen-bond donors (Lipinski definition) is 1. The molecule has 0 fully saturated rings. The summed E-state index contributed by atoms with van der Waals surface area (Å²) in [7, 11) is 1.81. The van der Waals surface area contributed by atoms with Crippen molar-refractivity contribution in [3.8, 4) is 10.6 Å². The minimum Gasteiger partial charge on any atom is -0.452 e. The first-order chi connectivity index (χ1) is 12.8. The highest BCUT2D eigenvalue weighted by Crippen LogP contribution is 2.26. The van der Waals surface area contributed by atoms with Gasteiger partial charge in [0.25, 0.3) is 5.91 Å².